The molecular weight excluding hydrogens is 424 g/mol. The average Bonchev–Trinajstić information content (AvgIpc) is 2.90. The van der Waals surface area contributed by atoms with E-state index >= 15 is 0 Å². The summed E-state index contributed by atoms with van der Waals surface area (Å²) in [5.74, 6) is 3.85. The molecule has 1 saturated heterocycles. The molecule has 1 aliphatic rings. The van der Waals surface area contributed by atoms with Gasteiger partial charge in [-0.05, 0) is 55.0 Å². The number of para-hydroxylation sites is 1. The monoisotopic (exact) mass is 462 g/mol. The van der Waals surface area contributed by atoms with E-state index in [4.69, 9.17) is 19.4 Å². The minimum atomic E-state index is 0.332. The molecule has 1 aromatic heterocycles. The Balaban J connectivity index is 1.65. The van der Waals surface area contributed by atoms with Crippen molar-refractivity contribution in [3.05, 3.63) is 53.9 Å². The smallest absolute Gasteiger partial charge is 0.140 e. The normalized spacial score (nSPS) is 15.5. The second-order valence-electron chi connectivity index (χ2n) is 9.33. The molecule has 6 heteroatoms. The van der Waals surface area contributed by atoms with Crippen molar-refractivity contribution in [1.82, 2.24) is 9.97 Å². The van der Waals surface area contributed by atoms with Crippen molar-refractivity contribution >= 4 is 22.4 Å². The summed E-state index contributed by atoms with van der Waals surface area (Å²) in [5, 5.41) is 1.13. The van der Waals surface area contributed by atoms with E-state index in [0.717, 1.165) is 72.9 Å². The number of nitrogens with zero attached hydrogens (tertiary/aromatic N) is 4. The molecule has 0 saturated carbocycles. The van der Waals surface area contributed by atoms with Crippen LogP contribution in [0.3, 0.4) is 0 Å². The lowest BCUT2D eigenvalue weighted by Gasteiger charge is -2.34. The minimum absolute atomic E-state index is 0.332. The van der Waals surface area contributed by atoms with Crippen LogP contribution in [0, 0.1) is 0 Å². The predicted molar refractivity (Wildman–Crippen MR) is 141 cm³/mol. The Labute approximate surface area is 203 Å². The molecule has 1 unspecified atom stereocenters. The van der Waals surface area contributed by atoms with Crippen LogP contribution in [-0.4, -0.2) is 57.5 Å². The van der Waals surface area contributed by atoms with E-state index in [1.165, 1.54) is 5.56 Å². The second-order valence-corrected chi connectivity index (χ2v) is 9.33. The predicted octanol–water partition coefficient (Wildman–Crippen LogP) is 5.62. The van der Waals surface area contributed by atoms with Crippen LogP contribution in [0.25, 0.3) is 10.9 Å². The summed E-state index contributed by atoms with van der Waals surface area (Å²) in [6, 6.07) is 15.0. The molecule has 0 spiro atoms. The van der Waals surface area contributed by atoms with Crippen molar-refractivity contribution in [2.24, 2.45) is 0 Å². The number of piperidine rings is 1. The fourth-order valence-corrected chi connectivity index (χ4v) is 4.76. The third-order valence-corrected chi connectivity index (χ3v) is 7.17. The maximum absolute atomic E-state index is 5.64. The van der Waals surface area contributed by atoms with E-state index in [1.54, 1.807) is 14.2 Å². The summed E-state index contributed by atoms with van der Waals surface area (Å²) < 4.78 is 10.9. The lowest BCUT2D eigenvalue weighted by atomic mass is 9.88. The van der Waals surface area contributed by atoms with Gasteiger partial charge in [-0.25, -0.2) is 9.97 Å². The van der Waals surface area contributed by atoms with Crippen LogP contribution in [0.2, 0.25) is 0 Å². The van der Waals surface area contributed by atoms with Crippen molar-refractivity contribution in [2.75, 3.05) is 57.3 Å². The molecule has 1 aliphatic heterocycles. The summed E-state index contributed by atoms with van der Waals surface area (Å²) >= 11 is 0. The molecule has 2 aromatic carbocycles. The van der Waals surface area contributed by atoms with Crippen LogP contribution < -0.4 is 14.5 Å². The molecule has 3 aromatic rings. The van der Waals surface area contributed by atoms with E-state index in [-0.39, 0.29) is 0 Å². The fraction of sp³-hybridized carbons (Fsp3) is 0.500. The van der Waals surface area contributed by atoms with Crippen LogP contribution in [0.15, 0.2) is 42.5 Å². The number of anilines is 2. The molecule has 0 amide bonds. The second kappa shape index (κ2) is 11.0. The Morgan fingerprint density at radius 3 is 2.56 bits per heavy atom. The van der Waals surface area contributed by atoms with E-state index in [2.05, 4.69) is 67.1 Å². The van der Waals surface area contributed by atoms with Crippen molar-refractivity contribution < 1.29 is 9.47 Å². The van der Waals surface area contributed by atoms with Gasteiger partial charge < -0.3 is 19.3 Å². The summed E-state index contributed by atoms with van der Waals surface area (Å²) in [7, 11) is 5.61. The Morgan fingerprint density at radius 1 is 1.09 bits per heavy atom. The van der Waals surface area contributed by atoms with E-state index in [0.29, 0.717) is 18.4 Å². The minimum Gasteiger partial charge on any atom is -0.496 e. The van der Waals surface area contributed by atoms with Gasteiger partial charge in [0.25, 0.3) is 0 Å². The molecule has 6 nitrogen and oxygen atoms in total. The number of methoxy groups -OCH3 is 2. The number of likely N-dealkylation sites (N-methyl/N-ethyl adjacent to an activating group) is 1. The highest BCUT2D eigenvalue weighted by Gasteiger charge is 2.26. The van der Waals surface area contributed by atoms with Crippen LogP contribution in [0.5, 0.6) is 5.75 Å². The van der Waals surface area contributed by atoms with Crippen LogP contribution in [-0.2, 0) is 4.74 Å². The third kappa shape index (κ3) is 5.12. The Morgan fingerprint density at radius 2 is 1.85 bits per heavy atom. The average molecular weight is 463 g/mol. The largest absolute Gasteiger partial charge is 0.496 e. The summed E-state index contributed by atoms with van der Waals surface area (Å²) in [6.45, 7) is 7.89. The number of hydrogen-bond acceptors (Lipinski definition) is 6. The molecule has 0 radical (unpaired) electrons. The van der Waals surface area contributed by atoms with Crippen LogP contribution >= 0.6 is 0 Å². The SMILES string of the molecule is CCC(C)c1nc(N2CCC(c3ccccc3OC)CC2)c2cc(N(C)CCOC)ccc2n1. The molecule has 1 atom stereocenters. The summed E-state index contributed by atoms with van der Waals surface area (Å²) in [4.78, 5) is 14.8. The molecule has 4 rings (SSSR count). The van der Waals surface area contributed by atoms with Gasteiger partial charge in [-0.1, -0.05) is 32.0 Å². The quantitative estimate of drug-likeness (QED) is 0.411. The number of rotatable bonds is 9. The number of fused-ring (bicyclic) bond motifs is 1. The zero-order valence-electron chi connectivity index (χ0n) is 21.3. The number of aromatic nitrogens is 2. The van der Waals surface area contributed by atoms with Crippen molar-refractivity contribution in [2.45, 2.75) is 44.9 Å². The van der Waals surface area contributed by atoms with Gasteiger partial charge in [-0.2, -0.15) is 0 Å². The van der Waals surface area contributed by atoms with Crippen molar-refractivity contribution in [3.63, 3.8) is 0 Å². The van der Waals surface area contributed by atoms with Gasteiger partial charge in [0.05, 0.1) is 19.2 Å². The molecule has 34 heavy (non-hydrogen) atoms. The Bertz CT molecular complexity index is 1090. The highest BCUT2D eigenvalue weighted by Crippen LogP contribution is 2.37. The van der Waals surface area contributed by atoms with Gasteiger partial charge in [0.15, 0.2) is 0 Å². The first-order valence-corrected chi connectivity index (χ1v) is 12.4. The number of hydrogen-bond donors (Lipinski definition) is 0. The van der Waals surface area contributed by atoms with Crippen molar-refractivity contribution in [1.29, 1.82) is 0 Å². The molecule has 0 bridgehead atoms. The topological polar surface area (TPSA) is 50.7 Å². The van der Waals surface area contributed by atoms with Gasteiger partial charge in [-0.3, -0.25) is 0 Å². The first kappa shape index (κ1) is 24.3. The summed E-state index contributed by atoms with van der Waals surface area (Å²) in [5.41, 5.74) is 3.50. The molecule has 2 heterocycles. The van der Waals surface area contributed by atoms with E-state index in [1.807, 2.05) is 6.07 Å². The Kier molecular flexibility index (Phi) is 7.88. The van der Waals surface area contributed by atoms with Gasteiger partial charge in [0.2, 0.25) is 0 Å². The Hall–Kier alpha value is -2.86. The molecule has 0 aliphatic carbocycles. The standard InChI is InChI=1S/C28H38N4O2/c1-6-20(2)27-29-25-12-11-22(31(3)17-18-33-4)19-24(25)28(30-27)32-15-13-21(14-16-32)23-9-7-8-10-26(23)34-5/h7-12,19-21H,6,13-18H2,1-5H3. The molecule has 182 valence electrons. The van der Waals surface area contributed by atoms with Gasteiger partial charge >= 0.3 is 0 Å². The van der Waals surface area contributed by atoms with Gasteiger partial charge in [0.1, 0.15) is 17.4 Å². The fourth-order valence-electron chi connectivity index (χ4n) is 4.76. The first-order chi connectivity index (χ1) is 16.5. The third-order valence-electron chi connectivity index (χ3n) is 7.17. The summed E-state index contributed by atoms with van der Waals surface area (Å²) in [6.07, 6.45) is 3.19. The zero-order valence-corrected chi connectivity index (χ0v) is 21.3. The maximum atomic E-state index is 5.64. The first-order valence-electron chi connectivity index (χ1n) is 12.4. The number of benzene rings is 2. The zero-order chi connectivity index (χ0) is 24.1. The van der Waals surface area contributed by atoms with Gasteiger partial charge in [0, 0.05) is 50.8 Å². The van der Waals surface area contributed by atoms with Gasteiger partial charge in [-0.15, -0.1) is 0 Å². The van der Waals surface area contributed by atoms with E-state index in [9.17, 15) is 0 Å². The highest BCUT2D eigenvalue weighted by atomic mass is 16.5. The van der Waals surface area contributed by atoms with E-state index < -0.39 is 0 Å². The van der Waals surface area contributed by atoms with Crippen LogP contribution in [0.4, 0.5) is 11.5 Å². The maximum Gasteiger partial charge on any atom is 0.140 e. The molecule has 0 N–H and O–H groups in total. The van der Waals surface area contributed by atoms with Crippen LogP contribution in [0.1, 0.15) is 56.3 Å². The number of ether oxygens (including phenoxy) is 2. The molecular formula is C28H38N4O2. The lowest BCUT2D eigenvalue weighted by Crippen LogP contribution is -2.34. The van der Waals surface area contributed by atoms with Crippen molar-refractivity contribution in [3.8, 4) is 5.75 Å². The highest BCUT2D eigenvalue weighted by molar-refractivity contribution is 5.92. The molecule has 1 fully saturated rings. The lowest BCUT2D eigenvalue weighted by molar-refractivity contribution is 0.206.